The van der Waals surface area contributed by atoms with E-state index in [1.807, 2.05) is 12.2 Å². The maximum Gasteiger partial charge on any atom is 0.296 e. The van der Waals surface area contributed by atoms with Crippen molar-refractivity contribution in [2.75, 3.05) is 26.3 Å². The highest BCUT2D eigenvalue weighted by Gasteiger charge is 2.36. The van der Waals surface area contributed by atoms with E-state index < -0.39 is 17.8 Å². The number of benzene rings is 1. The van der Waals surface area contributed by atoms with E-state index in [4.69, 9.17) is 4.74 Å². The molecule has 5 rings (SSSR count). The lowest BCUT2D eigenvalue weighted by Gasteiger charge is -2.38. The monoisotopic (exact) mass is 441 g/mol. The van der Waals surface area contributed by atoms with E-state index in [0.29, 0.717) is 29.6 Å². The van der Waals surface area contributed by atoms with Gasteiger partial charge in [0.15, 0.2) is 5.01 Å². The Balaban J connectivity index is 1.36. The number of carbonyl (C=O) groups is 1. The van der Waals surface area contributed by atoms with Gasteiger partial charge in [-0.2, -0.15) is 0 Å². The number of hydrogen-bond donors (Lipinski definition) is 2. The lowest BCUT2D eigenvalue weighted by molar-refractivity contribution is -0.129. The fourth-order valence-electron chi connectivity index (χ4n) is 3.67. The quantitative estimate of drug-likeness (QED) is 0.750. The van der Waals surface area contributed by atoms with Gasteiger partial charge in [0.25, 0.3) is 5.91 Å². The molecule has 1 aromatic carbocycles. The number of aliphatic hydroxyl groups excluding tert-OH is 1. The number of ether oxygens (including phenoxy) is 1. The first-order chi connectivity index (χ1) is 15.1. The zero-order valence-corrected chi connectivity index (χ0v) is 17.3. The Hall–Kier alpha value is -3.24. The molecule has 0 spiro atoms. The SMILES string of the molecule is O=C1C(O)=C(c2nnc(Cc3ccc(F)cc3)s2)NC2C=CC(N3CCOCC3)=CN12. The Morgan fingerprint density at radius 1 is 1.23 bits per heavy atom. The van der Waals surface area contributed by atoms with Crippen LogP contribution in [0.5, 0.6) is 0 Å². The van der Waals surface area contributed by atoms with Gasteiger partial charge in [-0.3, -0.25) is 9.69 Å². The molecule has 1 aromatic heterocycles. The van der Waals surface area contributed by atoms with Gasteiger partial charge >= 0.3 is 0 Å². The van der Waals surface area contributed by atoms with E-state index in [0.717, 1.165) is 24.4 Å². The van der Waals surface area contributed by atoms with Crippen LogP contribution in [-0.4, -0.2) is 63.5 Å². The first-order valence-corrected chi connectivity index (χ1v) is 10.7. The van der Waals surface area contributed by atoms with Gasteiger partial charge in [-0.15, -0.1) is 10.2 Å². The lowest BCUT2D eigenvalue weighted by atomic mass is 10.1. The number of aliphatic hydroxyl groups is 1. The highest BCUT2D eigenvalue weighted by molar-refractivity contribution is 7.12. The van der Waals surface area contributed by atoms with Crippen LogP contribution in [0.2, 0.25) is 0 Å². The molecule has 1 unspecified atom stereocenters. The molecule has 4 heterocycles. The van der Waals surface area contributed by atoms with Crippen LogP contribution >= 0.6 is 11.3 Å². The fraction of sp³-hybridized carbons (Fsp3) is 0.286. The van der Waals surface area contributed by atoms with Crippen molar-refractivity contribution in [3.8, 4) is 0 Å². The highest BCUT2D eigenvalue weighted by Crippen LogP contribution is 2.29. The van der Waals surface area contributed by atoms with Crippen LogP contribution in [0.4, 0.5) is 4.39 Å². The van der Waals surface area contributed by atoms with Crippen LogP contribution in [0.15, 0.2) is 54.1 Å². The third-order valence-electron chi connectivity index (χ3n) is 5.31. The van der Waals surface area contributed by atoms with Crippen molar-refractivity contribution in [3.05, 3.63) is 75.5 Å². The number of rotatable bonds is 4. The molecule has 1 saturated heterocycles. The van der Waals surface area contributed by atoms with Gasteiger partial charge < -0.3 is 20.1 Å². The fourth-order valence-corrected chi connectivity index (χ4v) is 4.55. The Bertz CT molecular complexity index is 1090. The second-order valence-corrected chi connectivity index (χ2v) is 8.40. The van der Waals surface area contributed by atoms with Gasteiger partial charge in [-0.1, -0.05) is 23.5 Å². The topological polar surface area (TPSA) is 90.8 Å². The van der Waals surface area contributed by atoms with Crippen molar-refractivity contribution in [2.24, 2.45) is 0 Å². The van der Waals surface area contributed by atoms with E-state index >= 15 is 0 Å². The largest absolute Gasteiger partial charge is 0.502 e. The third-order valence-corrected chi connectivity index (χ3v) is 6.25. The van der Waals surface area contributed by atoms with Crippen LogP contribution in [-0.2, 0) is 16.0 Å². The number of nitrogens with one attached hydrogen (secondary N) is 1. The molecule has 1 atom stereocenters. The van der Waals surface area contributed by atoms with Crippen molar-refractivity contribution in [1.82, 2.24) is 25.3 Å². The summed E-state index contributed by atoms with van der Waals surface area (Å²) < 4.78 is 18.5. The van der Waals surface area contributed by atoms with Gasteiger partial charge in [0.2, 0.25) is 5.76 Å². The van der Waals surface area contributed by atoms with Crippen molar-refractivity contribution in [2.45, 2.75) is 12.6 Å². The Kier molecular flexibility index (Phi) is 5.16. The second kappa shape index (κ2) is 8.12. The summed E-state index contributed by atoms with van der Waals surface area (Å²) >= 11 is 1.28. The summed E-state index contributed by atoms with van der Waals surface area (Å²) in [5.74, 6) is -1.18. The number of fused-ring (bicyclic) bond motifs is 1. The standard InChI is InChI=1S/C21H20FN5O3S/c22-14-3-1-13(2-4-14)11-17-24-25-20(31-17)18-19(28)21(29)27-12-15(5-6-16(27)23-18)26-7-9-30-10-8-26/h1-6,12,16,23,28H,7-11H2. The van der Waals surface area contributed by atoms with Gasteiger partial charge in [-0.25, -0.2) is 4.39 Å². The third kappa shape index (κ3) is 3.91. The van der Waals surface area contributed by atoms with Crippen molar-refractivity contribution >= 4 is 22.9 Å². The number of halogens is 1. The molecular weight excluding hydrogens is 421 g/mol. The normalized spacial score (nSPS) is 21.1. The van der Waals surface area contributed by atoms with Crippen LogP contribution in [0.25, 0.3) is 5.70 Å². The summed E-state index contributed by atoms with van der Waals surface area (Å²) in [4.78, 5) is 16.5. The van der Waals surface area contributed by atoms with Gasteiger partial charge in [-0.05, 0) is 29.8 Å². The van der Waals surface area contributed by atoms with Gasteiger partial charge in [0.1, 0.15) is 22.7 Å². The molecule has 1 fully saturated rings. The molecule has 0 saturated carbocycles. The molecule has 3 aliphatic heterocycles. The number of hydrogen-bond acceptors (Lipinski definition) is 8. The van der Waals surface area contributed by atoms with E-state index in [9.17, 15) is 14.3 Å². The highest BCUT2D eigenvalue weighted by atomic mass is 32.1. The van der Waals surface area contributed by atoms with E-state index in [1.54, 1.807) is 18.3 Å². The summed E-state index contributed by atoms with van der Waals surface area (Å²) in [6.45, 7) is 2.80. The van der Waals surface area contributed by atoms with Crippen LogP contribution < -0.4 is 5.32 Å². The number of morpholine rings is 1. The molecule has 31 heavy (non-hydrogen) atoms. The number of allylic oxidation sites excluding steroid dienone is 1. The number of aromatic nitrogens is 2. The molecule has 3 aliphatic rings. The Labute approximate surface area is 181 Å². The number of amides is 1. The molecule has 160 valence electrons. The Morgan fingerprint density at radius 3 is 2.77 bits per heavy atom. The van der Waals surface area contributed by atoms with E-state index in [1.165, 1.54) is 28.4 Å². The molecule has 2 aromatic rings. The lowest BCUT2D eigenvalue weighted by Crippen LogP contribution is -2.51. The van der Waals surface area contributed by atoms with Crippen LogP contribution in [0.3, 0.4) is 0 Å². The van der Waals surface area contributed by atoms with Crippen LogP contribution in [0.1, 0.15) is 15.6 Å². The minimum atomic E-state index is -0.496. The molecular formula is C21H20FN5O3S. The van der Waals surface area contributed by atoms with Gasteiger partial charge in [0.05, 0.1) is 18.9 Å². The second-order valence-electron chi connectivity index (χ2n) is 7.34. The summed E-state index contributed by atoms with van der Waals surface area (Å²) in [5, 5.41) is 23.2. The molecule has 0 radical (unpaired) electrons. The summed E-state index contributed by atoms with van der Waals surface area (Å²) in [7, 11) is 0. The molecule has 1 amide bonds. The predicted octanol–water partition coefficient (Wildman–Crippen LogP) is 2.00. The molecule has 0 bridgehead atoms. The predicted molar refractivity (Wildman–Crippen MR) is 112 cm³/mol. The maximum absolute atomic E-state index is 13.1. The molecule has 8 nitrogen and oxygen atoms in total. The number of nitrogens with zero attached hydrogens (tertiary/aromatic N) is 4. The minimum absolute atomic E-state index is 0.266. The minimum Gasteiger partial charge on any atom is -0.502 e. The summed E-state index contributed by atoms with van der Waals surface area (Å²) in [6, 6.07) is 6.18. The van der Waals surface area contributed by atoms with E-state index in [2.05, 4.69) is 20.4 Å². The first-order valence-electron chi connectivity index (χ1n) is 9.91. The first kappa shape index (κ1) is 19.7. The Morgan fingerprint density at radius 2 is 2.00 bits per heavy atom. The average Bonchev–Trinajstić information content (AvgIpc) is 3.26. The van der Waals surface area contributed by atoms with Crippen molar-refractivity contribution in [1.29, 1.82) is 0 Å². The summed E-state index contributed by atoms with van der Waals surface area (Å²) in [6.07, 6.45) is 5.66. The smallest absolute Gasteiger partial charge is 0.296 e. The van der Waals surface area contributed by atoms with Crippen LogP contribution in [0, 0.1) is 5.82 Å². The van der Waals surface area contributed by atoms with E-state index in [-0.39, 0.29) is 11.5 Å². The average molecular weight is 441 g/mol. The zero-order chi connectivity index (χ0) is 21.4. The maximum atomic E-state index is 13.1. The van der Waals surface area contributed by atoms with Crippen molar-refractivity contribution in [3.63, 3.8) is 0 Å². The molecule has 0 aliphatic carbocycles. The molecule has 10 heteroatoms. The van der Waals surface area contributed by atoms with Gasteiger partial charge in [0, 0.05) is 25.7 Å². The van der Waals surface area contributed by atoms with Crippen molar-refractivity contribution < 1.29 is 19.0 Å². The number of carbonyl (C=O) groups excluding carboxylic acids is 1. The molecule has 2 N–H and O–H groups in total. The summed E-state index contributed by atoms with van der Waals surface area (Å²) in [5.41, 5.74) is 2.07. The zero-order valence-electron chi connectivity index (χ0n) is 16.5.